The van der Waals surface area contributed by atoms with Crippen LogP contribution in [0.15, 0.2) is 24.3 Å². The minimum absolute atomic E-state index is 0.0139. The van der Waals surface area contributed by atoms with E-state index in [1.165, 1.54) is 0 Å². The number of aromatic hydroxyl groups is 1. The molecule has 0 radical (unpaired) electrons. The van der Waals surface area contributed by atoms with Gasteiger partial charge in [-0.05, 0) is 44.2 Å². The van der Waals surface area contributed by atoms with E-state index in [1.54, 1.807) is 24.3 Å². The van der Waals surface area contributed by atoms with Gasteiger partial charge < -0.3 is 20.2 Å². The Kier molecular flexibility index (Phi) is 6.42. The number of amides is 2. The van der Waals surface area contributed by atoms with Gasteiger partial charge in [0.25, 0.3) is 5.91 Å². The van der Waals surface area contributed by atoms with Gasteiger partial charge in [0.1, 0.15) is 5.75 Å². The molecule has 25 heavy (non-hydrogen) atoms. The number of phenolic OH excluding ortho intramolecular Hbond substituents is 1. The molecule has 2 saturated heterocycles. The van der Waals surface area contributed by atoms with Crippen LogP contribution in [0.3, 0.4) is 0 Å². The summed E-state index contributed by atoms with van der Waals surface area (Å²) >= 11 is 0. The highest BCUT2D eigenvalue weighted by molar-refractivity contribution is 5.94. The summed E-state index contributed by atoms with van der Waals surface area (Å²) in [4.78, 5) is 27.0. The van der Waals surface area contributed by atoms with Gasteiger partial charge in [-0.1, -0.05) is 13.8 Å². The van der Waals surface area contributed by atoms with Gasteiger partial charge in [0, 0.05) is 38.3 Å². The van der Waals surface area contributed by atoms with Crippen LogP contribution in [0.25, 0.3) is 0 Å². The second-order valence-electron chi connectivity index (χ2n) is 6.81. The van der Waals surface area contributed by atoms with Crippen LogP contribution in [0.5, 0.6) is 5.75 Å². The fourth-order valence-corrected chi connectivity index (χ4v) is 3.03. The van der Waals surface area contributed by atoms with E-state index in [4.69, 9.17) is 5.11 Å². The Morgan fingerprint density at radius 2 is 1.68 bits per heavy atom. The van der Waals surface area contributed by atoms with E-state index >= 15 is 0 Å². The Hall–Kier alpha value is -2.08. The van der Waals surface area contributed by atoms with E-state index in [9.17, 15) is 9.59 Å². The molecule has 138 valence electrons. The SMILES string of the molecule is CCC1(CC)CNC1=O.CN1CCN(C(=O)c2ccc(O)cc2)CC1. The highest BCUT2D eigenvalue weighted by Crippen LogP contribution is 2.31. The number of piperazine rings is 1. The Bertz CT molecular complexity index is 583. The van der Waals surface area contributed by atoms with E-state index in [1.807, 2.05) is 4.90 Å². The third kappa shape index (κ3) is 4.51. The molecule has 0 spiro atoms. The molecule has 3 rings (SSSR count). The smallest absolute Gasteiger partial charge is 0.253 e. The summed E-state index contributed by atoms with van der Waals surface area (Å²) in [6.45, 7) is 8.42. The van der Waals surface area contributed by atoms with Gasteiger partial charge in [-0.25, -0.2) is 0 Å². The van der Waals surface area contributed by atoms with E-state index in [0.717, 1.165) is 45.6 Å². The number of benzene rings is 1. The van der Waals surface area contributed by atoms with Crippen molar-refractivity contribution in [2.75, 3.05) is 39.8 Å². The van der Waals surface area contributed by atoms with Gasteiger partial charge in [-0.15, -0.1) is 0 Å². The molecule has 2 fully saturated rings. The molecule has 2 amide bonds. The van der Waals surface area contributed by atoms with E-state index in [2.05, 4.69) is 31.1 Å². The number of hydrogen-bond acceptors (Lipinski definition) is 4. The molecule has 2 aliphatic heterocycles. The zero-order chi connectivity index (χ0) is 18.4. The van der Waals surface area contributed by atoms with Crippen molar-refractivity contribution in [2.45, 2.75) is 26.7 Å². The Morgan fingerprint density at radius 1 is 1.12 bits per heavy atom. The van der Waals surface area contributed by atoms with Crippen molar-refractivity contribution in [2.24, 2.45) is 5.41 Å². The average Bonchev–Trinajstić information content (AvgIpc) is 2.63. The zero-order valence-corrected chi connectivity index (χ0v) is 15.4. The average molecular weight is 347 g/mol. The quantitative estimate of drug-likeness (QED) is 0.817. The summed E-state index contributed by atoms with van der Waals surface area (Å²) in [5, 5.41) is 11.9. The maximum absolute atomic E-state index is 12.0. The minimum Gasteiger partial charge on any atom is -0.508 e. The van der Waals surface area contributed by atoms with Crippen LogP contribution in [0.1, 0.15) is 37.0 Å². The first kappa shape index (κ1) is 19.2. The summed E-state index contributed by atoms with van der Waals surface area (Å²) in [5.74, 6) is 0.482. The van der Waals surface area contributed by atoms with Gasteiger partial charge in [0.2, 0.25) is 5.91 Å². The lowest BCUT2D eigenvalue weighted by Crippen LogP contribution is -2.58. The fraction of sp³-hybridized carbons (Fsp3) is 0.579. The highest BCUT2D eigenvalue weighted by Gasteiger charge is 2.42. The molecular weight excluding hydrogens is 318 g/mol. The number of phenols is 1. The maximum atomic E-state index is 12.0. The lowest BCUT2D eigenvalue weighted by atomic mass is 9.76. The monoisotopic (exact) mass is 347 g/mol. The van der Waals surface area contributed by atoms with Gasteiger partial charge >= 0.3 is 0 Å². The molecule has 6 nitrogen and oxygen atoms in total. The van der Waals surface area contributed by atoms with Crippen LogP contribution < -0.4 is 5.32 Å². The Morgan fingerprint density at radius 3 is 2.04 bits per heavy atom. The van der Waals surface area contributed by atoms with Crippen LogP contribution >= 0.6 is 0 Å². The zero-order valence-electron chi connectivity index (χ0n) is 15.4. The number of β-lactam (4-membered cyclic amide) rings is 1. The van der Waals surface area contributed by atoms with Crippen molar-refractivity contribution < 1.29 is 14.7 Å². The van der Waals surface area contributed by atoms with Gasteiger partial charge in [0.15, 0.2) is 0 Å². The molecule has 1 aromatic rings. The van der Waals surface area contributed by atoms with Crippen molar-refractivity contribution in [1.82, 2.24) is 15.1 Å². The topological polar surface area (TPSA) is 72.9 Å². The molecule has 0 bridgehead atoms. The molecule has 0 atom stereocenters. The molecule has 2 N–H and O–H groups in total. The predicted octanol–water partition coefficient (Wildman–Crippen LogP) is 1.70. The first-order valence-corrected chi connectivity index (χ1v) is 8.97. The van der Waals surface area contributed by atoms with Gasteiger partial charge in [-0.2, -0.15) is 0 Å². The van der Waals surface area contributed by atoms with Crippen molar-refractivity contribution in [3.05, 3.63) is 29.8 Å². The fourth-order valence-electron chi connectivity index (χ4n) is 3.03. The van der Waals surface area contributed by atoms with E-state index in [0.29, 0.717) is 5.56 Å². The Labute approximate surface area is 149 Å². The summed E-state index contributed by atoms with van der Waals surface area (Å²) in [7, 11) is 2.06. The van der Waals surface area contributed by atoms with E-state index in [-0.39, 0.29) is 23.0 Å². The van der Waals surface area contributed by atoms with Gasteiger partial charge in [-0.3, -0.25) is 9.59 Å². The number of nitrogens with one attached hydrogen (secondary N) is 1. The van der Waals surface area contributed by atoms with Gasteiger partial charge in [0.05, 0.1) is 5.41 Å². The number of carbonyl (C=O) groups is 2. The molecular formula is C19H29N3O3. The maximum Gasteiger partial charge on any atom is 0.253 e. The minimum atomic E-state index is 0.0139. The molecule has 0 saturated carbocycles. The first-order chi connectivity index (χ1) is 11.9. The van der Waals surface area contributed by atoms with Crippen LogP contribution in [0.2, 0.25) is 0 Å². The molecule has 2 aliphatic rings. The standard InChI is InChI=1S/C12H16N2O2.C7H13NO/c1-13-6-8-14(9-7-13)12(16)10-2-4-11(15)5-3-10;1-3-7(4-2)5-8-6(7)9/h2-5,15H,6-9H2,1H3;3-5H2,1-2H3,(H,8,9). The highest BCUT2D eigenvalue weighted by atomic mass is 16.3. The first-order valence-electron chi connectivity index (χ1n) is 8.97. The second-order valence-corrected chi connectivity index (χ2v) is 6.81. The number of nitrogens with zero attached hydrogens (tertiary/aromatic N) is 2. The summed E-state index contributed by atoms with van der Waals surface area (Å²) in [6, 6.07) is 6.42. The molecule has 0 unspecified atom stereocenters. The van der Waals surface area contributed by atoms with Crippen molar-refractivity contribution in [1.29, 1.82) is 0 Å². The van der Waals surface area contributed by atoms with Crippen LogP contribution in [0, 0.1) is 5.41 Å². The predicted molar refractivity (Wildman–Crippen MR) is 97.5 cm³/mol. The van der Waals surface area contributed by atoms with E-state index < -0.39 is 0 Å². The summed E-state index contributed by atoms with van der Waals surface area (Å²) < 4.78 is 0. The summed E-state index contributed by atoms with van der Waals surface area (Å²) in [6.07, 6.45) is 1.96. The molecule has 2 heterocycles. The second kappa shape index (κ2) is 8.34. The molecule has 6 heteroatoms. The lowest BCUT2D eigenvalue weighted by Gasteiger charge is -2.39. The molecule has 0 aromatic heterocycles. The molecule has 1 aromatic carbocycles. The number of rotatable bonds is 3. The largest absolute Gasteiger partial charge is 0.508 e. The van der Waals surface area contributed by atoms with Crippen molar-refractivity contribution in [3.8, 4) is 5.75 Å². The third-order valence-electron chi connectivity index (χ3n) is 5.33. The number of likely N-dealkylation sites (N-methyl/N-ethyl adjacent to an activating group) is 1. The Balaban J connectivity index is 0.000000212. The number of hydrogen-bond donors (Lipinski definition) is 2. The third-order valence-corrected chi connectivity index (χ3v) is 5.33. The molecule has 0 aliphatic carbocycles. The lowest BCUT2D eigenvalue weighted by molar-refractivity contribution is -0.140. The summed E-state index contributed by atoms with van der Waals surface area (Å²) in [5.41, 5.74) is 0.655. The number of carbonyl (C=O) groups excluding carboxylic acids is 2. The van der Waals surface area contributed by atoms with Crippen molar-refractivity contribution in [3.63, 3.8) is 0 Å². The van der Waals surface area contributed by atoms with Crippen LogP contribution in [0.4, 0.5) is 0 Å². The van der Waals surface area contributed by atoms with Crippen molar-refractivity contribution >= 4 is 11.8 Å². The van der Waals surface area contributed by atoms with Crippen LogP contribution in [-0.4, -0.2) is 66.5 Å². The van der Waals surface area contributed by atoms with Crippen LogP contribution in [-0.2, 0) is 4.79 Å². The normalized spacial score (nSPS) is 19.3.